The zero-order valence-corrected chi connectivity index (χ0v) is 18.4. The number of ether oxygens (including phenoxy) is 3. The number of likely N-dealkylation sites (N-methyl/N-ethyl adjacent to an activating group) is 1. The molecule has 0 radical (unpaired) electrons. The van der Waals surface area contributed by atoms with Gasteiger partial charge in [0.05, 0.1) is 31.4 Å². The molecule has 0 aromatic heterocycles. The van der Waals surface area contributed by atoms with Crippen molar-refractivity contribution in [2.24, 2.45) is 0 Å². The van der Waals surface area contributed by atoms with E-state index in [1.54, 1.807) is 41.3 Å². The third-order valence-electron chi connectivity index (χ3n) is 4.67. The topological polar surface area (TPSA) is 94.2 Å². The summed E-state index contributed by atoms with van der Waals surface area (Å²) < 4.78 is 15.8. The molecule has 9 heteroatoms. The molecule has 0 aliphatic carbocycles. The van der Waals surface area contributed by atoms with E-state index in [4.69, 9.17) is 14.2 Å². The number of carbonyl (C=O) groups excluding carboxylic acids is 3. The van der Waals surface area contributed by atoms with E-state index in [9.17, 15) is 14.4 Å². The summed E-state index contributed by atoms with van der Waals surface area (Å²) in [5, 5.41) is 2.77. The van der Waals surface area contributed by atoms with Gasteiger partial charge in [-0.25, -0.2) is 0 Å². The van der Waals surface area contributed by atoms with Crippen molar-refractivity contribution in [3.8, 4) is 17.2 Å². The highest BCUT2D eigenvalue weighted by molar-refractivity contribution is 8.00. The van der Waals surface area contributed by atoms with Gasteiger partial charge >= 0.3 is 0 Å². The van der Waals surface area contributed by atoms with Crippen molar-refractivity contribution in [3.63, 3.8) is 0 Å². The second-order valence-electron chi connectivity index (χ2n) is 6.64. The van der Waals surface area contributed by atoms with Crippen LogP contribution in [-0.4, -0.2) is 56.5 Å². The molecule has 0 saturated heterocycles. The molecule has 2 aromatic rings. The van der Waals surface area contributed by atoms with Gasteiger partial charge in [0, 0.05) is 23.9 Å². The lowest BCUT2D eigenvalue weighted by Gasteiger charge is -2.28. The van der Waals surface area contributed by atoms with Gasteiger partial charge in [0.2, 0.25) is 5.91 Å². The van der Waals surface area contributed by atoms with Crippen molar-refractivity contribution in [1.82, 2.24) is 0 Å². The number of ketones is 1. The largest absolute Gasteiger partial charge is 0.493 e. The average Bonchev–Trinajstić information content (AvgIpc) is 2.78. The Morgan fingerprint density at radius 1 is 1.10 bits per heavy atom. The summed E-state index contributed by atoms with van der Waals surface area (Å²) in [7, 11) is 3.06. The predicted molar refractivity (Wildman–Crippen MR) is 120 cm³/mol. The van der Waals surface area contributed by atoms with Gasteiger partial charge in [-0.3, -0.25) is 14.4 Å². The first-order valence-corrected chi connectivity index (χ1v) is 10.8. The van der Waals surface area contributed by atoms with Crippen molar-refractivity contribution < 1.29 is 28.6 Å². The summed E-state index contributed by atoms with van der Waals surface area (Å²) in [6.45, 7) is 2.37. The number of Topliss-reactive ketones (excluding diaryl/α,β-unsaturated/α-hetero) is 1. The summed E-state index contributed by atoms with van der Waals surface area (Å²) in [5.41, 5.74) is 1.65. The summed E-state index contributed by atoms with van der Waals surface area (Å²) >= 11 is 1.22. The lowest BCUT2D eigenvalue weighted by atomic mass is 10.1. The maximum atomic E-state index is 12.6. The van der Waals surface area contributed by atoms with E-state index >= 15 is 0 Å². The Morgan fingerprint density at radius 3 is 2.58 bits per heavy atom. The number of benzene rings is 2. The smallest absolute Gasteiger partial charge is 0.265 e. The standard InChI is InChI=1S/C22H24N2O6S/c1-4-24-16-9-14(5-7-18(16)30-11-22(24)27)17(25)12-31-13-21(26)23-15-6-8-19(28-2)20(10-15)29-3/h5-10H,4,11-13H2,1-3H3,(H,23,26). The minimum Gasteiger partial charge on any atom is -0.493 e. The predicted octanol–water partition coefficient (Wildman–Crippen LogP) is 3.00. The number of anilines is 2. The van der Waals surface area contributed by atoms with Gasteiger partial charge in [0.1, 0.15) is 5.75 Å². The Bertz CT molecular complexity index is 994. The van der Waals surface area contributed by atoms with Crippen LogP contribution in [0.5, 0.6) is 17.2 Å². The first-order chi connectivity index (χ1) is 15.0. The highest BCUT2D eigenvalue weighted by atomic mass is 32.2. The number of methoxy groups -OCH3 is 2. The van der Waals surface area contributed by atoms with Gasteiger partial charge in [0.15, 0.2) is 23.9 Å². The number of thioether (sulfide) groups is 1. The fourth-order valence-corrected chi connectivity index (χ4v) is 3.86. The minimum absolute atomic E-state index is 0.000827. The van der Waals surface area contributed by atoms with E-state index in [1.807, 2.05) is 6.92 Å². The highest BCUT2D eigenvalue weighted by Crippen LogP contribution is 2.33. The lowest BCUT2D eigenvalue weighted by Crippen LogP contribution is -2.38. The molecule has 2 aromatic carbocycles. The molecule has 1 aliphatic rings. The van der Waals surface area contributed by atoms with Gasteiger partial charge in [-0.05, 0) is 37.3 Å². The normalized spacial score (nSPS) is 12.6. The molecule has 3 rings (SSSR count). The van der Waals surface area contributed by atoms with E-state index in [0.29, 0.717) is 40.7 Å². The van der Waals surface area contributed by atoms with Crippen LogP contribution in [0, 0.1) is 0 Å². The zero-order valence-electron chi connectivity index (χ0n) is 17.6. The van der Waals surface area contributed by atoms with Crippen molar-refractivity contribution in [2.75, 3.05) is 49.1 Å². The quantitative estimate of drug-likeness (QED) is 0.594. The molecule has 31 heavy (non-hydrogen) atoms. The molecule has 0 unspecified atom stereocenters. The fourth-order valence-electron chi connectivity index (χ4n) is 3.15. The third kappa shape index (κ3) is 5.29. The number of hydrogen-bond acceptors (Lipinski definition) is 7. The van der Waals surface area contributed by atoms with Crippen LogP contribution in [-0.2, 0) is 9.59 Å². The van der Waals surface area contributed by atoms with Crippen molar-refractivity contribution >= 4 is 40.7 Å². The molecule has 0 atom stereocenters. The molecule has 0 saturated carbocycles. The van der Waals surface area contributed by atoms with E-state index in [0.717, 1.165) is 0 Å². The Labute approximate surface area is 184 Å². The first-order valence-electron chi connectivity index (χ1n) is 9.66. The Morgan fingerprint density at radius 2 is 1.87 bits per heavy atom. The number of nitrogens with one attached hydrogen (secondary N) is 1. The van der Waals surface area contributed by atoms with E-state index in [-0.39, 0.29) is 35.7 Å². The van der Waals surface area contributed by atoms with Crippen LogP contribution in [0.3, 0.4) is 0 Å². The average molecular weight is 445 g/mol. The van der Waals surface area contributed by atoms with Gasteiger partial charge in [-0.1, -0.05) is 0 Å². The van der Waals surface area contributed by atoms with Crippen molar-refractivity contribution in [3.05, 3.63) is 42.0 Å². The van der Waals surface area contributed by atoms with Gasteiger partial charge in [0.25, 0.3) is 5.91 Å². The van der Waals surface area contributed by atoms with Crippen molar-refractivity contribution in [2.45, 2.75) is 6.92 Å². The number of hydrogen-bond donors (Lipinski definition) is 1. The van der Waals surface area contributed by atoms with Crippen LogP contribution in [0.15, 0.2) is 36.4 Å². The Kier molecular flexibility index (Phi) is 7.41. The number of amides is 2. The van der Waals surface area contributed by atoms with Crippen LogP contribution in [0.2, 0.25) is 0 Å². The minimum atomic E-state index is -0.230. The maximum Gasteiger partial charge on any atom is 0.265 e. The van der Waals surface area contributed by atoms with Gasteiger partial charge in [-0.15, -0.1) is 11.8 Å². The highest BCUT2D eigenvalue weighted by Gasteiger charge is 2.25. The molecule has 1 heterocycles. The summed E-state index contributed by atoms with van der Waals surface area (Å²) in [6, 6.07) is 10.1. The Hall–Kier alpha value is -3.20. The summed E-state index contributed by atoms with van der Waals surface area (Å²) in [4.78, 5) is 38.4. The summed E-state index contributed by atoms with van der Waals surface area (Å²) in [6.07, 6.45) is 0. The zero-order chi connectivity index (χ0) is 22.4. The van der Waals surface area contributed by atoms with E-state index in [2.05, 4.69) is 5.32 Å². The maximum absolute atomic E-state index is 12.6. The molecule has 1 aliphatic heterocycles. The third-order valence-corrected chi connectivity index (χ3v) is 5.61. The van der Waals surface area contributed by atoms with Crippen LogP contribution < -0.4 is 24.4 Å². The van der Waals surface area contributed by atoms with Crippen molar-refractivity contribution in [1.29, 1.82) is 0 Å². The monoisotopic (exact) mass is 444 g/mol. The molecule has 164 valence electrons. The molecular formula is C22H24N2O6S. The molecular weight excluding hydrogens is 420 g/mol. The Balaban J connectivity index is 1.55. The molecule has 2 amide bonds. The molecule has 1 N–H and O–H groups in total. The SMILES string of the molecule is CCN1C(=O)COc2ccc(C(=O)CSCC(=O)Nc3ccc(OC)c(OC)c3)cc21. The number of rotatable bonds is 9. The molecule has 0 fully saturated rings. The second kappa shape index (κ2) is 10.2. The van der Waals surface area contributed by atoms with E-state index < -0.39 is 0 Å². The molecule has 0 bridgehead atoms. The van der Waals surface area contributed by atoms with Gasteiger partial charge in [-0.2, -0.15) is 0 Å². The van der Waals surface area contributed by atoms with E-state index in [1.165, 1.54) is 26.0 Å². The van der Waals surface area contributed by atoms with Crippen LogP contribution in [0.4, 0.5) is 11.4 Å². The van der Waals surface area contributed by atoms with Crippen LogP contribution >= 0.6 is 11.8 Å². The molecule has 0 spiro atoms. The lowest BCUT2D eigenvalue weighted by molar-refractivity contribution is -0.121. The fraction of sp³-hybridized carbons (Fsp3) is 0.318. The molecule has 8 nitrogen and oxygen atoms in total. The van der Waals surface area contributed by atoms with Crippen LogP contribution in [0.25, 0.3) is 0 Å². The van der Waals surface area contributed by atoms with Crippen LogP contribution in [0.1, 0.15) is 17.3 Å². The first kappa shape index (κ1) is 22.5. The summed E-state index contributed by atoms with van der Waals surface area (Å²) in [5.74, 6) is 1.43. The number of carbonyl (C=O) groups is 3. The van der Waals surface area contributed by atoms with Gasteiger partial charge < -0.3 is 24.4 Å². The number of fused-ring (bicyclic) bond motifs is 1. The number of nitrogens with zero attached hydrogens (tertiary/aromatic N) is 1. The second-order valence-corrected chi connectivity index (χ2v) is 7.63.